The zero-order valence-electron chi connectivity index (χ0n) is 22.9. The molecule has 8 rings (SSSR count). The summed E-state index contributed by atoms with van der Waals surface area (Å²) in [6, 6.07) is 54.9. The summed E-state index contributed by atoms with van der Waals surface area (Å²) in [6.45, 7) is 0. The summed E-state index contributed by atoms with van der Waals surface area (Å²) in [6.07, 6.45) is -0.852. The molecule has 0 radical (unpaired) electrons. The first-order valence-electron chi connectivity index (χ1n) is 14.3. The number of rotatable bonds is 4. The summed E-state index contributed by atoms with van der Waals surface area (Å²) in [7, 11) is 0. The largest absolute Gasteiger partial charge is 0.369 e. The van der Waals surface area contributed by atoms with E-state index in [1.807, 2.05) is 29.2 Å². The molecule has 3 nitrogen and oxygen atoms in total. The fourth-order valence-corrected chi connectivity index (χ4v) is 6.41. The van der Waals surface area contributed by atoms with Crippen molar-refractivity contribution in [2.45, 2.75) is 6.23 Å². The van der Waals surface area contributed by atoms with Crippen LogP contribution in [0.25, 0.3) is 50.1 Å². The number of anilines is 2. The van der Waals surface area contributed by atoms with E-state index in [1.165, 1.54) is 0 Å². The molecule has 6 aromatic carbocycles. The SMILES string of the molecule is OC1c2c(n(-c3cc(-c4ccccc4)cc(-c4ccccc4)c3)c3ccccc23)-c2ccccc2N1c1ccccc1. The number of hydrogen-bond acceptors (Lipinski definition) is 2. The van der Waals surface area contributed by atoms with E-state index in [4.69, 9.17) is 0 Å². The highest BCUT2D eigenvalue weighted by Gasteiger charge is 2.36. The Bertz CT molecular complexity index is 1990. The van der Waals surface area contributed by atoms with E-state index in [9.17, 15) is 5.11 Å². The summed E-state index contributed by atoms with van der Waals surface area (Å²) in [5.74, 6) is 0. The predicted octanol–water partition coefficient (Wildman–Crippen LogP) is 9.77. The summed E-state index contributed by atoms with van der Waals surface area (Å²) in [4.78, 5) is 2.05. The average molecular weight is 541 g/mol. The fraction of sp³-hybridized carbons (Fsp3) is 0.0256. The van der Waals surface area contributed by atoms with E-state index < -0.39 is 6.23 Å². The average Bonchev–Trinajstić information content (AvgIpc) is 3.42. The van der Waals surface area contributed by atoms with Crippen LogP contribution in [0.15, 0.2) is 158 Å². The van der Waals surface area contributed by atoms with Crippen molar-refractivity contribution >= 4 is 22.3 Å². The number of aliphatic hydroxyl groups excluding tert-OH is 1. The molecule has 0 spiro atoms. The zero-order chi connectivity index (χ0) is 28.0. The van der Waals surface area contributed by atoms with Crippen molar-refractivity contribution in [2.75, 3.05) is 4.90 Å². The quantitative estimate of drug-likeness (QED) is 0.241. The second-order valence-corrected chi connectivity index (χ2v) is 10.7. The van der Waals surface area contributed by atoms with Crippen molar-refractivity contribution in [1.82, 2.24) is 4.57 Å². The molecule has 1 aliphatic heterocycles. The van der Waals surface area contributed by atoms with E-state index in [-0.39, 0.29) is 0 Å². The normalized spacial score (nSPS) is 14.0. The van der Waals surface area contributed by atoms with Crippen LogP contribution < -0.4 is 4.90 Å². The fourth-order valence-electron chi connectivity index (χ4n) is 6.41. The molecule has 0 aliphatic carbocycles. The second-order valence-electron chi connectivity index (χ2n) is 10.7. The lowest BCUT2D eigenvalue weighted by Gasteiger charge is -2.36. The first-order chi connectivity index (χ1) is 20.8. The molecule has 1 aromatic heterocycles. The lowest BCUT2D eigenvalue weighted by molar-refractivity contribution is 0.185. The summed E-state index contributed by atoms with van der Waals surface area (Å²) < 4.78 is 2.34. The third-order valence-corrected chi connectivity index (χ3v) is 8.26. The van der Waals surface area contributed by atoms with Crippen LogP contribution in [0, 0.1) is 0 Å². The van der Waals surface area contributed by atoms with Crippen LogP contribution >= 0.6 is 0 Å². The van der Waals surface area contributed by atoms with Crippen LogP contribution in [-0.4, -0.2) is 9.67 Å². The molecular formula is C39H28N2O. The minimum Gasteiger partial charge on any atom is -0.369 e. The minimum absolute atomic E-state index is 0.852. The molecular weight excluding hydrogens is 512 g/mol. The highest BCUT2D eigenvalue weighted by atomic mass is 16.3. The first-order valence-corrected chi connectivity index (χ1v) is 14.3. The number of hydrogen-bond donors (Lipinski definition) is 1. The minimum atomic E-state index is -0.852. The van der Waals surface area contributed by atoms with Crippen molar-refractivity contribution in [3.8, 4) is 39.2 Å². The van der Waals surface area contributed by atoms with Crippen LogP contribution in [0.3, 0.4) is 0 Å². The van der Waals surface area contributed by atoms with Gasteiger partial charge >= 0.3 is 0 Å². The maximum Gasteiger partial charge on any atom is 0.160 e. The maximum absolute atomic E-state index is 12.2. The molecule has 0 saturated heterocycles. The molecule has 1 atom stereocenters. The number of aromatic nitrogens is 1. The van der Waals surface area contributed by atoms with Crippen LogP contribution in [0.4, 0.5) is 11.4 Å². The van der Waals surface area contributed by atoms with Crippen LogP contribution in [0.5, 0.6) is 0 Å². The van der Waals surface area contributed by atoms with Gasteiger partial charge in [0.15, 0.2) is 6.23 Å². The smallest absolute Gasteiger partial charge is 0.160 e. The monoisotopic (exact) mass is 540 g/mol. The molecule has 42 heavy (non-hydrogen) atoms. The summed E-state index contributed by atoms with van der Waals surface area (Å²) in [5, 5.41) is 13.2. The van der Waals surface area contributed by atoms with Crippen molar-refractivity contribution in [1.29, 1.82) is 0 Å². The molecule has 1 N–H and O–H groups in total. The van der Waals surface area contributed by atoms with Crippen molar-refractivity contribution in [2.24, 2.45) is 0 Å². The molecule has 0 amide bonds. The van der Waals surface area contributed by atoms with Gasteiger partial charge in [0.1, 0.15) is 0 Å². The lowest BCUT2D eigenvalue weighted by atomic mass is 9.95. The Labute approximate surface area is 245 Å². The molecule has 7 aromatic rings. The van der Waals surface area contributed by atoms with Crippen LogP contribution in [-0.2, 0) is 0 Å². The zero-order valence-corrected chi connectivity index (χ0v) is 22.9. The van der Waals surface area contributed by atoms with E-state index in [0.717, 1.165) is 67.0 Å². The Hall–Kier alpha value is -5.38. The topological polar surface area (TPSA) is 28.4 Å². The number of benzene rings is 6. The highest BCUT2D eigenvalue weighted by Crippen LogP contribution is 2.51. The van der Waals surface area contributed by atoms with Crippen molar-refractivity contribution < 1.29 is 5.11 Å². The van der Waals surface area contributed by atoms with Crippen LogP contribution in [0.1, 0.15) is 11.8 Å². The van der Waals surface area contributed by atoms with Gasteiger partial charge in [-0.2, -0.15) is 0 Å². The Morgan fingerprint density at radius 3 is 1.69 bits per heavy atom. The Morgan fingerprint density at radius 2 is 1.02 bits per heavy atom. The van der Waals surface area contributed by atoms with Gasteiger partial charge in [-0.1, -0.05) is 115 Å². The Morgan fingerprint density at radius 1 is 0.476 bits per heavy atom. The number of para-hydroxylation sites is 3. The van der Waals surface area contributed by atoms with Gasteiger partial charge in [0, 0.05) is 27.9 Å². The number of fused-ring (bicyclic) bond motifs is 5. The Kier molecular flexibility index (Phi) is 5.76. The first kappa shape index (κ1) is 24.4. The summed E-state index contributed by atoms with van der Waals surface area (Å²) in [5.41, 5.74) is 11.7. The Balaban J connectivity index is 1.45. The standard InChI is InChI=1S/C39H28N2O/c42-39-37-33-20-10-12-22-35(33)40(38(37)34-21-11-13-23-36(34)41(39)31-18-8-3-9-19-31)32-25-29(27-14-4-1-5-15-27)24-30(26-32)28-16-6-2-7-17-28/h1-26,39,42H. The highest BCUT2D eigenvalue weighted by molar-refractivity contribution is 6.00. The van der Waals surface area contributed by atoms with Crippen molar-refractivity contribution in [3.63, 3.8) is 0 Å². The van der Waals surface area contributed by atoms with Gasteiger partial charge in [-0.15, -0.1) is 0 Å². The molecule has 0 saturated carbocycles. The summed E-state index contributed by atoms with van der Waals surface area (Å²) >= 11 is 0. The molecule has 0 bridgehead atoms. The molecule has 1 aliphatic rings. The molecule has 1 unspecified atom stereocenters. The van der Waals surface area contributed by atoms with Gasteiger partial charge in [0.25, 0.3) is 0 Å². The molecule has 0 fully saturated rings. The third-order valence-electron chi connectivity index (χ3n) is 8.26. The van der Waals surface area contributed by atoms with E-state index in [0.29, 0.717) is 0 Å². The van der Waals surface area contributed by atoms with Gasteiger partial charge in [0.05, 0.1) is 16.9 Å². The maximum atomic E-state index is 12.2. The van der Waals surface area contributed by atoms with E-state index in [1.54, 1.807) is 0 Å². The van der Waals surface area contributed by atoms with Crippen molar-refractivity contribution in [3.05, 3.63) is 163 Å². The van der Waals surface area contributed by atoms with Gasteiger partial charge < -0.3 is 14.6 Å². The molecule has 200 valence electrons. The van der Waals surface area contributed by atoms with Gasteiger partial charge in [-0.25, -0.2) is 0 Å². The molecule has 3 heteroatoms. The van der Waals surface area contributed by atoms with Gasteiger partial charge in [0.2, 0.25) is 0 Å². The van der Waals surface area contributed by atoms with Gasteiger partial charge in [-0.05, 0) is 64.7 Å². The predicted molar refractivity (Wildman–Crippen MR) is 173 cm³/mol. The molecule has 2 heterocycles. The lowest BCUT2D eigenvalue weighted by Crippen LogP contribution is -2.27. The van der Waals surface area contributed by atoms with E-state index >= 15 is 0 Å². The van der Waals surface area contributed by atoms with E-state index in [2.05, 4.69) is 138 Å². The van der Waals surface area contributed by atoms with Gasteiger partial charge in [-0.3, -0.25) is 0 Å². The third kappa shape index (κ3) is 3.87. The van der Waals surface area contributed by atoms with Crippen LogP contribution in [0.2, 0.25) is 0 Å². The second kappa shape index (κ2) is 9.91. The number of aliphatic hydroxyl groups is 1. The number of nitrogens with zero attached hydrogens (tertiary/aromatic N) is 2.